The molecule has 0 amide bonds. The Labute approximate surface area is 104 Å². The molecule has 2 heteroatoms. The smallest absolute Gasteiger partial charge is 0.0861 e. The molecule has 17 heavy (non-hydrogen) atoms. The van der Waals surface area contributed by atoms with E-state index in [2.05, 4.69) is 18.8 Å². The van der Waals surface area contributed by atoms with Crippen LogP contribution in [0.2, 0.25) is 0 Å². The normalized spacial score (nSPS) is 20.7. The SMILES string of the molecule is CC(C)CC1(C(O)c2cccnc2)CCCC1. The van der Waals surface area contributed by atoms with Crippen LogP contribution in [0.25, 0.3) is 0 Å². The molecule has 1 unspecified atom stereocenters. The zero-order chi connectivity index (χ0) is 12.3. The average Bonchev–Trinajstić information content (AvgIpc) is 2.78. The molecule has 2 rings (SSSR count). The summed E-state index contributed by atoms with van der Waals surface area (Å²) in [7, 11) is 0. The molecule has 0 radical (unpaired) electrons. The molecular formula is C15H23NO. The summed E-state index contributed by atoms with van der Waals surface area (Å²) in [6.07, 6.45) is 9.16. The van der Waals surface area contributed by atoms with E-state index in [9.17, 15) is 5.11 Å². The Bertz CT molecular complexity index is 341. The van der Waals surface area contributed by atoms with Crippen LogP contribution in [0.15, 0.2) is 24.5 Å². The molecule has 1 atom stereocenters. The first-order valence-electron chi connectivity index (χ1n) is 6.72. The second-order valence-corrected chi connectivity index (χ2v) is 5.86. The van der Waals surface area contributed by atoms with Gasteiger partial charge in [0, 0.05) is 17.8 Å². The lowest BCUT2D eigenvalue weighted by atomic mass is 9.72. The van der Waals surface area contributed by atoms with E-state index in [1.54, 1.807) is 6.20 Å². The second-order valence-electron chi connectivity index (χ2n) is 5.86. The van der Waals surface area contributed by atoms with Crippen LogP contribution in [-0.2, 0) is 0 Å². The zero-order valence-electron chi connectivity index (χ0n) is 10.9. The molecule has 1 aliphatic carbocycles. The van der Waals surface area contributed by atoms with Gasteiger partial charge >= 0.3 is 0 Å². The number of aliphatic hydroxyl groups excluding tert-OH is 1. The van der Waals surface area contributed by atoms with E-state index in [0.29, 0.717) is 5.92 Å². The third-order valence-electron chi connectivity index (χ3n) is 3.99. The van der Waals surface area contributed by atoms with Gasteiger partial charge in [0.1, 0.15) is 0 Å². The van der Waals surface area contributed by atoms with Gasteiger partial charge in [-0.05, 0) is 36.8 Å². The number of aromatic nitrogens is 1. The predicted molar refractivity (Wildman–Crippen MR) is 69.6 cm³/mol. The fraction of sp³-hybridized carbons (Fsp3) is 0.667. The van der Waals surface area contributed by atoms with Gasteiger partial charge in [-0.3, -0.25) is 4.98 Å². The highest BCUT2D eigenvalue weighted by molar-refractivity contribution is 5.16. The fourth-order valence-electron chi connectivity index (χ4n) is 3.37. The van der Waals surface area contributed by atoms with Gasteiger partial charge in [-0.25, -0.2) is 0 Å². The Morgan fingerprint density at radius 3 is 2.59 bits per heavy atom. The average molecular weight is 233 g/mol. The highest BCUT2D eigenvalue weighted by atomic mass is 16.3. The molecular weight excluding hydrogens is 210 g/mol. The number of hydrogen-bond donors (Lipinski definition) is 1. The summed E-state index contributed by atoms with van der Waals surface area (Å²) in [6, 6.07) is 3.91. The monoisotopic (exact) mass is 233 g/mol. The van der Waals surface area contributed by atoms with Crippen molar-refractivity contribution in [3.63, 3.8) is 0 Å². The van der Waals surface area contributed by atoms with Gasteiger partial charge in [0.05, 0.1) is 6.10 Å². The van der Waals surface area contributed by atoms with Crippen LogP contribution in [0.3, 0.4) is 0 Å². The highest BCUT2D eigenvalue weighted by Gasteiger charge is 2.41. The quantitative estimate of drug-likeness (QED) is 0.859. The second kappa shape index (κ2) is 5.18. The van der Waals surface area contributed by atoms with E-state index in [4.69, 9.17) is 0 Å². The molecule has 1 aromatic rings. The lowest BCUT2D eigenvalue weighted by Gasteiger charge is -2.36. The summed E-state index contributed by atoms with van der Waals surface area (Å²) >= 11 is 0. The van der Waals surface area contributed by atoms with Crippen molar-refractivity contribution in [3.8, 4) is 0 Å². The largest absolute Gasteiger partial charge is 0.388 e. The Morgan fingerprint density at radius 2 is 2.06 bits per heavy atom. The number of pyridine rings is 1. The van der Waals surface area contributed by atoms with Crippen LogP contribution in [-0.4, -0.2) is 10.1 Å². The molecule has 1 N–H and O–H groups in total. The number of aliphatic hydroxyl groups is 1. The molecule has 1 aromatic heterocycles. The molecule has 94 valence electrons. The van der Waals surface area contributed by atoms with Crippen molar-refractivity contribution in [2.45, 2.75) is 52.1 Å². The van der Waals surface area contributed by atoms with Crippen molar-refractivity contribution in [2.24, 2.45) is 11.3 Å². The number of nitrogens with zero attached hydrogens (tertiary/aromatic N) is 1. The maximum Gasteiger partial charge on any atom is 0.0861 e. The maximum absolute atomic E-state index is 10.7. The summed E-state index contributed by atoms with van der Waals surface area (Å²) in [5.74, 6) is 0.638. The Morgan fingerprint density at radius 1 is 1.35 bits per heavy atom. The summed E-state index contributed by atoms with van der Waals surface area (Å²) in [5.41, 5.74) is 1.08. The molecule has 1 heterocycles. The van der Waals surface area contributed by atoms with Crippen molar-refractivity contribution >= 4 is 0 Å². The summed E-state index contributed by atoms with van der Waals surface area (Å²) in [6.45, 7) is 4.49. The van der Waals surface area contributed by atoms with Gasteiger partial charge in [-0.2, -0.15) is 0 Å². The maximum atomic E-state index is 10.7. The molecule has 0 aliphatic heterocycles. The van der Waals surface area contributed by atoms with E-state index >= 15 is 0 Å². The lowest BCUT2D eigenvalue weighted by molar-refractivity contribution is 0.0110. The third-order valence-corrected chi connectivity index (χ3v) is 3.99. The van der Waals surface area contributed by atoms with Gasteiger partial charge in [0.25, 0.3) is 0 Å². The van der Waals surface area contributed by atoms with Crippen LogP contribution in [0.5, 0.6) is 0 Å². The first-order chi connectivity index (χ1) is 8.14. The van der Waals surface area contributed by atoms with Gasteiger partial charge in [0.15, 0.2) is 0 Å². The first kappa shape index (κ1) is 12.6. The van der Waals surface area contributed by atoms with E-state index in [1.807, 2.05) is 18.3 Å². The number of hydrogen-bond acceptors (Lipinski definition) is 2. The van der Waals surface area contributed by atoms with Crippen LogP contribution < -0.4 is 0 Å². The summed E-state index contributed by atoms with van der Waals surface area (Å²) < 4.78 is 0. The van der Waals surface area contributed by atoms with Crippen molar-refractivity contribution < 1.29 is 5.11 Å². The van der Waals surface area contributed by atoms with E-state index in [-0.39, 0.29) is 11.5 Å². The topological polar surface area (TPSA) is 33.1 Å². The standard InChI is InChI=1S/C15H23NO/c1-12(2)10-15(7-3-4-8-15)14(17)13-6-5-9-16-11-13/h5-6,9,11-12,14,17H,3-4,7-8,10H2,1-2H3. The minimum absolute atomic E-state index is 0.0944. The van der Waals surface area contributed by atoms with E-state index in [1.165, 1.54) is 12.8 Å². The molecule has 1 aliphatic rings. The Hall–Kier alpha value is -0.890. The Balaban J connectivity index is 2.21. The zero-order valence-corrected chi connectivity index (χ0v) is 10.9. The molecule has 0 saturated heterocycles. The first-order valence-corrected chi connectivity index (χ1v) is 6.72. The van der Waals surface area contributed by atoms with Crippen LogP contribution >= 0.6 is 0 Å². The van der Waals surface area contributed by atoms with Crippen LogP contribution in [0.1, 0.15) is 57.6 Å². The summed E-state index contributed by atoms with van der Waals surface area (Å²) in [5, 5.41) is 10.7. The van der Waals surface area contributed by atoms with E-state index in [0.717, 1.165) is 24.8 Å². The van der Waals surface area contributed by atoms with Crippen molar-refractivity contribution in [3.05, 3.63) is 30.1 Å². The third kappa shape index (κ3) is 2.68. The van der Waals surface area contributed by atoms with E-state index < -0.39 is 0 Å². The van der Waals surface area contributed by atoms with Crippen molar-refractivity contribution in [1.82, 2.24) is 4.98 Å². The highest BCUT2D eigenvalue weighted by Crippen LogP contribution is 2.51. The van der Waals surface area contributed by atoms with Crippen LogP contribution in [0.4, 0.5) is 0 Å². The van der Waals surface area contributed by atoms with Crippen molar-refractivity contribution in [2.75, 3.05) is 0 Å². The van der Waals surface area contributed by atoms with Crippen molar-refractivity contribution in [1.29, 1.82) is 0 Å². The molecule has 0 aromatic carbocycles. The van der Waals surface area contributed by atoms with Gasteiger partial charge in [-0.15, -0.1) is 0 Å². The number of rotatable bonds is 4. The fourth-order valence-corrected chi connectivity index (χ4v) is 3.37. The van der Waals surface area contributed by atoms with Crippen LogP contribution in [0, 0.1) is 11.3 Å². The minimum Gasteiger partial charge on any atom is -0.388 e. The molecule has 0 bridgehead atoms. The molecule has 1 fully saturated rings. The predicted octanol–water partition coefficient (Wildman–Crippen LogP) is 3.72. The minimum atomic E-state index is -0.346. The van der Waals surface area contributed by atoms with Gasteiger partial charge in [-0.1, -0.05) is 32.8 Å². The molecule has 0 spiro atoms. The Kier molecular flexibility index (Phi) is 3.82. The lowest BCUT2D eigenvalue weighted by Crippen LogP contribution is -2.27. The molecule has 1 saturated carbocycles. The molecule has 2 nitrogen and oxygen atoms in total. The van der Waals surface area contributed by atoms with Gasteiger partial charge < -0.3 is 5.11 Å². The summed E-state index contributed by atoms with van der Waals surface area (Å²) in [4.78, 5) is 4.13. The van der Waals surface area contributed by atoms with Gasteiger partial charge in [0.2, 0.25) is 0 Å².